The van der Waals surface area contributed by atoms with Gasteiger partial charge in [-0.25, -0.2) is 0 Å². The Morgan fingerprint density at radius 1 is 1.18 bits per heavy atom. The van der Waals surface area contributed by atoms with Gasteiger partial charge in [0.15, 0.2) is 5.75 Å². The number of piperazine rings is 1. The fourth-order valence-corrected chi connectivity index (χ4v) is 2.34. The van der Waals surface area contributed by atoms with E-state index in [1.165, 1.54) is 0 Å². The van der Waals surface area contributed by atoms with E-state index in [9.17, 15) is 0 Å². The Balaban J connectivity index is 1.81. The Bertz CT molecular complexity index is 347. The molecule has 3 nitrogen and oxygen atoms in total. The minimum Gasteiger partial charge on any atom is -0.489 e. The summed E-state index contributed by atoms with van der Waals surface area (Å²) in [5, 5.41) is 4.45. The second kappa shape index (κ2) is 6.45. The smallest absolute Gasteiger partial charge is 0.156 e. The lowest BCUT2D eigenvalue weighted by atomic mass is 10.3. The van der Waals surface area contributed by atoms with Crippen molar-refractivity contribution >= 4 is 23.2 Å². The van der Waals surface area contributed by atoms with Gasteiger partial charge in [-0.15, -0.1) is 0 Å². The molecule has 5 heteroatoms. The van der Waals surface area contributed by atoms with Gasteiger partial charge in [0.25, 0.3) is 0 Å². The van der Waals surface area contributed by atoms with Crippen molar-refractivity contribution in [2.24, 2.45) is 0 Å². The fourth-order valence-electron chi connectivity index (χ4n) is 1.83. The van der Waals surface area contributed by atoms with Gasteiger partial charge in [0.2, 0.25) is 0 Å². The topological polar surface area (TPSA) is 24.5 Å². The largest absolute Gasteiger partial charge is 0.489 e. The Morgan fingerprint density at radius 3 is 2.47 bits per heavy atom. The van der Waals surface area contributed by atoms with Gasteiger partial charge in [-0.2, -0.15) is 0 Å². The molecule has 0 saturated carbocycles. The summed E-state index contributed by atoms with van der Waals surface area (Å²) < 4.78 is 5.64. The van der Waals surface area contributed by atoms with Crippen LogP contribution in [0.5, 0.6) is 5.75 Å². The van der Waals surface area contributed by atoms with Crippen LogP contribution in [0.15, 0.2) is 18.2 Å². The van der Waals surface area contributed by atoms with Gasteiger partial charge in [0.1, 0.15) is 6.61 Å². The third kappa shape index (κ3) is 3.75. The molecule has 0 bridgehead atoms. The molecule has 1 heterocycles. The lowest BCUT2D eigenvalue weighted by Gasteiger charge is -2.27. The molecule has 1 aromatic carbocycles. The molecule has 0 spiro atoms. The van der Waals surface area contributed by atoms with Crippen LogP contribution in [0.3, 0.4) is 0 Å². The van der Waals surface area contributed by atoms with Crippen LogP contribution in [0.4, 0.5) is 0 Å². The normalized spacial score (nSPS) is 17.1. The molecule has 0 atom stereocenters. The molecular weight excluding hydrogens is 259 g/mol. The highest BCUT2D eigenvalue weighted by Crippen LogP contribution is 2.32. The van der Waals surface area contributed by atoms with E-state index in [4.69, 9.17) is 27.9 Å². The lowest BCUT2D eigenvalue weighted by Crippen LogP contribution is -2.44. The van der Waals surface area contributed by atoms with Crippen LogP contribution >= 0.6 is 23.2 Å². The molecule has 0 aliphatic carbocycles. The summed E-state index contributed by atoms with van der Waals surface area (Å²) in [7, 11) is 0. The van der Waals surface area contributed by atoms with Crippen molar-refractivity contribution in [2.45, 2.75) is 0 Å². The van der Waals surface area contributed by atoms with E-state index < -0.39 is 0 Å². The highest BCUT2D eigenvalue weighted by Gasteiger charge is 2.10. The zero-order chi connectivity index (χ0) is 12.1. The van der Waals surface area contributed by atoms with Crippen molar-refractivity contribution in [1.82, 2.24) is 10.2 Å². The molecule has 0 radical (unpaired) electrons. The number of para-hydroxylation sites is 1. The highest BCUT2D eigenvalue weighted by molar-refractivity contribution is 6.37. The fraction of sp³-hybridized carbons (Fsp3) is 0.500. The monoisotopic (exact) mass is 274 g/mol. The van der Waals surface area contributed by atoms with Crippen LogP contribution in [-0.2, 0) is 0 Å². The van der Waals surface area contributed by atoms with Crippen molar-refractivity contribution in [1.29, 1.82) is 0 Å². The van der Waals surface area contributed by atoms with Gasteiger partial charge >= 0.3 is 0 Å². The zero-order valence-electron chi connectivity index (χ0n) is 9.59. The van der Waals surface area contributed by atoms with Crippen molar-refractivity contribution in [3.8, 4) is 5.75 Å². The molecule has 1 aliphatic rings. The molecule has 0 aromatic heterocycles. The van der Waals surface area contributed by atoms with Crippen LogP contribution in [0.1, 0.15) is 0 Å². The molecule has 1 saturated heterocycles. The SMILES string of the molecule is Clc1cccc(Cl)c1OCCN1CCNCC1. The molecule has 94 valence electrons. The minimum absolute atomic E-state index is 0.567. The Labute approximate surface area is 112 Å². The quantitative estimate of drug-likeness (QED) is 0.912. The first-order valence-corrected chi connectivity index (χ1v) is 6.53. The predicted octanol–water partition coefficient (Wildman–Crippen LogP) is 2.28. The maximum absolute atomic E-state index is 6.02. The van der Waals surface area contributed by atoms with E-state index in [2.05, 4.69) is 10.2 Å². The zero-order valence-corrected chi connectivity index (χ0v) is 11.1. The predicted molar refractivity (Wildman–Crippen MR) is 71.3 cm³/mol. The molecular formula is C12H16Cl2N2O. The number of hydrogen-bond acceptors (Lipinski definition) is 3. The molecule has 1 aromatic rings. The summed E-state index contributed by atoms with van der Waals surface area (Å²) in [5.74, 6) is 0.589. The van der Waals surface area contributed by atoms with Crippen LogP contribution in [-0.4, -0.2) is 44.2 Å². The third-order valence-electron chi connectivity index (χ3n) is 2.78. The maximum Gasteiger partial charge on any atom is 0.156 e. The van der Waals surface area contributed by atoms with Gasteiger partial charge in [-0.1, -0.05) is 29.3 Å². The van der Waals surface area contributed by atoms with E-state index in [-0.39, 0.29) is 0 Å². The highest BCUT2D eigenvalue weighted by atomic mass is 35.5. The van der Waals surface area contributed by atoms with Crippen molar-refractivity contribution < 1.29 is 4.74 Å². The summed E-state index contributed by atoms with van der Waals surface area (Å²) >= 11 is 12.0. The van der Waals surface area contributed by atoms with Crippen LogP contribution < -0.4 is 10.1 Å². The van der Waals surface area contributed by atoms with Gasteiger partial charge in [0.05, 0.1) is 10.0 Å². The molecule has 0 amide bonds. The summed E-state index contributed by atoms with van der Waals surface area (Å²) in [6.45, 7) is 5.76. The van der Waals surface area contributed by atoms with Crippen molar-refractivity contribution in [3.63, 3.8) is 0 Å². The van der Waals surface area contributed by atoms with E-state index in [0.717, 1.165) is 32.7 Å². The third-order valence-corrected chi connectivity index (χ3v) is 3.38. The average molecular weight is 275 g/mol. The van der Waals surface area contributed by atoms with Crippen LogP contribution in [0.25, 0.3) is 0 Å². The molecule has 2 rings (SSSR count). The molecule has 1 N–H and O–H groups in total. The number of benzene rings is 1. The van der Waals surface area contributed by atoms with Crippen molar-refractivity contribution in [3.05, 3.63) is 28.2 Å². The second-order valence-electron chi connectivity index (χ2n) is 3.99. The maximum atomic E-state index is 6.02. The number of nitrogens with zero attached hydrogens (tertiary/aromatic N) is 1. The van der Waals surface area contributed by atoms with Gasteiger partial charge in [-0.05, 0) is 12.1 Å². The van der Waals surface area contributed by atoms with E-state index in [1.54, 1.807) is 12.1 Å². The summed E-state index contributed by atoms with van der Waals surface area (Å²) in [4.78, 5) is 2.36. The molecule has 1 fully saturated rings. The van der Waals surface area contributed by atoms with Crippen LogP contribution in [0.2, 0.25) is 10.0 Å². The molecule has 0 unspecified atom stereocenters. The standard InChI is InChI=1S/C12H16Cl2N2O/c13-10-2-1-3-11(14)12(10)17-9-8-16-6-4-15-5-7-16/h1-3,15H,4-9H2. The first kappa shape index (κ1) is 13.0. The molecule has 1 aliphatic heterocycles. The number of rotatable bonds is 4. The molecule has 17 heavy (non-hydrogen) atoms. The van der Waals surface area contributed by atoms with Gasteiger partial charge < -0.3 is 10.1 Å². The van der Waals surface area contributed by atoms with E-state index in [1.807, 2.05) is 6.07 Å². The number of nitrogens with one attached hydrogen (secondary N) is 1. The van der Waals surface area contributed by atoms with Crippen LogP contribution in [0, 0.1) is 0 Å². The summed E-state index contributed by atoms with van der Waals surface area (Å²) in [5.41, 5.74) is 0. The lowest BCUT2D eigenvalue weighted by molar-refractivity contribution is 0.191. The average Bonchev–Trinajstić information content (AvgIpc) is 2.34. The number of halogens is 2. The van der Waals surface area contributed by atoms with E-state index >= 15 is 0 Å². The Morgan fingerprint density at radius 2 is 1.82 bits per heavy atom. The van der Waals surface area contributed by atoms with Gasteiger partial charge in [0, 0.05) is 32.7 Å². The summed E-state index contributed by atoms with van der Waals surface area (Å²) in [6.07, 6.45) is 0. The second-order valence-corrected chi connectivity index (χ2v) is 4.81. The van der Waals surface area contributed by atoms with E-state index in [0.29, 0.717) is 22.4 Å². The summed E-state index contributed by atoms with van der Waals surface area (Å²) in [6, 6.07) is 5.38. The Kier molecular flexibility index (Phi) is 4.92. The minimum atomic E-state index is 0.567. The number of ether oxygens (including phenoxy) is 1. The van der Waals surface area contributed by atoms with Crippen molar-refractivity contribution in [2.75, 3.05) is 39.3 Å². The first-order chi connectivity index (χ1) is 8.27. The number of hydrogen-bond donors (Lipinski definition) is 1. The first-order valence-electron chi connectivity index (χ1n) is 5.77. The van der Waals surface area contributed by atoms with Gasteiger partial charge in [-0.3, -0.25) is 4.90 Å². The Hall–Kier alpha value is -0.480.